The number of rotatable bonds is 1. The fraction of sp³-hybridized carbons (Fsp3) is 0.286. The standard InChI is InChI=1S/C7H9ClN2O/c1-4-2-3-10-6(8)5(4)7(9)11/h2-3,6,10H,1H3,(H2,9,11). The third kappa shape index (κ3) is 1.54. The summed E-state index contributed by atoms with van der Waals surface area (Å²) < 4.78 is 0. The molecule has 1 heterocycles. The van der Waals surface area contributed by atoms with Crippen LogP contribution in [0.5, 0.6) is 0 Å². The molecule has 0 saturated heterocycles. The highest BCUT2D eigenvalue weighted by molar-refractivity contribution is 6.25. The normalized spacial score (nSPS) is 23.3. The average Bonchev–Trinajstić information content (AvgIpc) is 1.85. The quantitative estimate of drug-likeness (QED) is 0.446. The lowest BCUT2D eigenvalue weighted by molar-refractivity contribution is -0.114. The molecular formula is C7H9ClN2O. The Kier molecular flexibility index (Phi) is 2.19. The topological polar surface area (TPSA) is 55.1 Å². The minimum atomic E-state index is -0.488. The molecule has 1 rings (SSSR count). The van der Waals surface area contributed by atoms with Crippen LogP contribution in [-0.2, 0) is 4.79 Å². The van der Waals surface area contributed by atoms with Gasteiger partial charge in [-0.05, 0) is 24.8 Å². The van der Waals surface area contributed by atoms with Crippen LogP contribution in [0.4, 0.5) is 0 Å². The maximum Gasteiger partial charge on any atom is 0.248 e. The Hall–Kier alpha value is -0.960. The number of hydrogen-bond donors (Lipinski definition) is 2. The van der Waals surface area contributed by atoms with E-state index in [-0.39, 0.29) is 0 Å². The lowest BCUT2D eigenvalue weighted by Gasteiger charge is -2.17. The first-order valence-corrected chi connectivity index (χ1v) is 3.64. The predicted molar refractivity (Wildman–Crippen MR) is 43.8 cm³/mol. The third-order valence-corrected chi connectivity index (χ3v) is 1.86. The summed E-state index contributed by atoms with van der Waals surface area (Å²) in [6.07, 6.45) is 3.46. The number of primary amides is 1. The summed E-state index contributed by atoms with van der Waals surface area (Å²) in [7, 11) is 0. The Labute approximate surface area is 69.9 Å². The number of nitrogens with two attached hydrogens (primary N) is 1. The van der Waals surface area contributed by atoms with E-state index in [4.69, 9.17) is 17.3 Å². The first-order valence-electron chi connectivity index (χ1n) is 3.20. The van der Waals surface area contributed by atoms with Crippen molar-refractivity contribution in [1.82, 2.24) is 5.32 Å². The van der Waals surface area contributed by atoms with Gasteiger partial charge in [-0.2, -0.15) is 0 Å². The minimum Gasteiger partial charge on any atom is -0.371 e. The Morgan fingerprint density at radius 3 is 2.82 bits per heavy atom. The Morgan fingerprint density at radius 1 is 1.82 bits per heavy atom. The molecule has 11 heavy (non-hydrogen) atoms. The number of allylic oxidation sites excluding steroid dienone is 2. The van der Waals surface area contributed by atoms with E-state index >= 15 is 0 Å². The van der Waals surface area contributed by atoms with Crippen LogP contribution in [0.25, 0.3) is 0 Å². The largest absolute Gasteiger partial charge is 0.371 e. The number of hydrogen-bond acceptors (Lipinski definition) is 2. The van der Waals surface area contributed by atoms with Crippen LogP contribution in [0.3, 0.4) is 0 Å². The van der Waals surface area contributed by atoms with Crippen LogP contribution in [0.15, 0.2) is 23.4 Å². The fourth-order valence-electron chi connectivity index (χ4n) is 0.950. The van der Waals surface area contributed by atoms with E-state index in [1.165, 1.54) is 0 Å². The van der Waals surface area contributed by atoms with E-state index in [9.17, 15) is 4.79 Å². The van der Waals surface area contributed by atoms with E-state index in [0.29, 0.717) is 5.57 Å². The molecule has 0 bridgehead atoms. The molecule has 3 nitrogen and oxygen atoms in total. The summed E-state index contributed by atoms with van der Waals surface area (Å²) in [5.41, 5.74) is 5.86. The molecule has 0 aromatic heterocycles. The Bertz CT molecular complexity index is 245. The summed E-state index contributed by atoms with van der Waals surface area (Å²) in [6.45, 7) is 1.80. The van der Waals surface area contributed by atoms with Gasteiger partial charge in [0.15, 0.2) is 0 Å². The van der Waals surface area contributed by atoms with Crippen molar-refractivity contribution in [2.75, 3.05) is 0 Å². The van der Waals surface area contributed by atoms with Gasteiger partial charge in [-0.1, -0.05) is 11.6 Å². The number of halogens is 1. The second-order valence-corrected chi connectivity index (χ2v) is 2.76. The van der Waals surface area contributed by atoms with Crippen molar-refractivity contribution in [1.29, 1.82) is 0 Å². The molecule has 0 saturated carbocycles. The van der Waals surface area contributed by atoms with E-state index in [0.717, 1.165) is 5.57 Å². The van der Waals surface area contributed by atoms with Crippen molar-refractivity contribution in [3.63, 3.8) is 0 Å². The van der Waals surface area contributed by atoms with Gasteiger partial charge in [0.25, 0.3) is 0 Å². The maximum absolute atomic E-state index is 10.8. The molecule has 1 amide bonds. The highest BCUT2D eigenvalue weighted by atomic mass is 35.5. The zero-order valence-corrected chi connectivity index (χ0v) is 6.85. The summed E-state index contributed by atoms with van der Waals surface area (Å²) in [5, 5.41) is 2.77. The lowest BCUT2D eigenvalue weighted by atomic mass is 10.1. The number of alkyl halides is 1. The molecule has 3 N–H and O–H groups in total. The van der Waals surface area contributed by atoms with Crippen LogP contribution >= 0.6 is 11.6 Å². The molecular weight excluding hydrogens is 164 g/mol. The van der Waals surface area contributed by atoms with Crippen LogP contribution in [-0.4, -0.2) is 11.4 Å². The van der Waals surface area contributed by atoms with Crippen LogP contribution in [0, 0.1) is 0 Å². The van der Waals surface area contributed by atoms with E-state index < -0.39 is 11.4 Å². The van der Waals surface area contributed by atoms with Crippen molar-refractivity contribution in [2.24, 2.45) is 5.73 Å². The number of carbonyl (C=O) groups is 1. The molecule has 1 unspecified atom stereocenters. The van der Waals surface area contributed by atoms with E-state index in [1.807, 2.05) is 0 Å². The first-order chi connectivity index (χ1) is 5.13. The van der Waals surface area contributed by atoms with Gasteiger partial charge in [0.05, 0.1) is 5.57 Å². The molecule has 0 aromatic carbocycles. The van der Waals surface area contributed by atoms with Gasteiger partial charge < -0.3 is 11.1 Å². The molecule has 0 radical (unpaired) electrons. The fourth-order valence-corrected chi connectivity index (χ4v) is 1.30. The molecule has 0 aliphatic carbocycles. The molecule has 60 valence electrons. The van der Waals surface area contributed by atoms with Crippen molar-refractivity contribution in [2.45, 2.75) is 12.4 Å². The number of nitrogens with one attached hydrogen (secondary N) is 1. The van der Waals surface area contributed by atoms with E-state index in [2.05, 4.69) is 5.32 Å². The molecule has 1 atom stereocenters. The van der Waals surface area contributed by atoms with Crippen molar-refractivity contribution >= 4 is 17.5 Å². The van der Waals surface area contributed by atoms with Gasteiger partial charge in [0.1, 0.15) is 5.50 Å². The van der Waals surface area contributed by atoms with E-state index in [1.54, 1.807) is 19.2 Å². The molecule has 0 fully saturated rings. The highest BCUT2D eigenvalue weighted by Gasteiger charge is 2.19. The SMILES string of the molecule is CC1=C(C(N)=O)C(Cl)NC=C1. The molecule has 0 spiro atoms. The second-order valence-electron chi connectivity index (χ2n) is 2.32. The van der Waals surface area contributed by atoms with Gasteiger partial charge in [0.2, 0.25) is 5.91 Å². The van der Waals surface area contributed by atoms with Crippen molar-refractivity contribution in [3.8, 4) is 0 Å². The van der Waals surface area contributed by atoms with Crippen LogP contribution in [0.1, 0.15) is 6.92 Å². The number of amides is 1. The smallest absolute Gasteiger partial charge is 0.248 e. The predicted octanol–water partition coefficient (Wildman–Crippen LogP) is 0.470. The summed E-state index contributed by atoms with van der Waals surface area (Å²) in [6, 6.07) is 0. The van der Waals surface area contributed by atoms with Crippen molar-refractivity contribution < 1.29 is 4.79 Å². The summed E-state index contributed by atoms with van der Waals surface area (Å²) >= 11 is 5.75. The maximum atomic E-state index is 10.8. The van der Waals surface area contributed by atoms with Gasteiger partial charge >= 0.3 is 0 Å². The van der Waals surface area contributed by atoms with Crippen molar-refractivity contribution in [3.05, 3.63) is 23.4 Å². The number of carbonyl (C=O) groups excluding carboxylic acids is 1. The van der Waals surface area contributed by atoms with Crippen LogP contribution < -0.4 is 11.1 Å². The van der Waals surface area contributed by atoms with Gasteiger partial charge in [-0.15, -0.1) is 0 Å². The second kappa shape index (κ2) is 2.96. The number of dihydropyridines is 1. The molecule has 4 heteroatoms. The molecule has 1 aliphatic rings. The highest BCUT2D eigenvalue weighted by Crippen LogP contribution is 2.16. The van der Waals surface area contributed by atoms with Gasteiger partial charge in [-0.3, -0.25) is 4.79 Å². The third-order valence-electron chi connectivity index (χ3n) is 1.52. The average molecular weight is 173 g/mol. The lowest BCUT2D eigenvalue weighted by Crippen LogP contribution is -2.32. The first kappa shape index (κ1) is 8.14. The monoisotopic (exact) mass is 172 g/mol. The Balaban J connectivity index is 3.01. The van der Waals surface area contributed by atoms with Gasteiger partial charge in [0, 0.05) is 0 Å². The zero-order valence-electron chi connectivity index (χ0n) is 6.10. The minimum absolute atomic E-state index is 0.439. The molecule has 0 aromatic rings. The summed E-state index contributed by atoms with van der Waals surface area (Å²) in [4.78, 5) is 10.8. The zero-order chi connectivity index (χ0) is 8.43. The van der Waals surface area contributed by atoms with Gasteiger partial charge in [-0.25, -0.2) is 0 Å². The van der Waals surface area contributed by atoms with Crippen LogP contribution in [0.2, 0.25) is 0 Å². The Morgan fingerprint density at radius 2 is 2.45 bits per heavy atom. The summed E-state index contributed by atoms with van der Waals surface area (Å²) in [5.74, 6) is -0.473. The molecule has 1 aliphatic heterocycles.